The lowest BCUT2D eigenvalue weighted by atomic mass is 9.95. The second-order valence-corrected chi connectivity index (χ2v) is 6.99. The Labute approximate surface area is 131 Å². The van der Waals surface area contributed by atoms with Crippen molar-refractivity contribution in [1.82, 2.24) is 19.7 Å². The van der Waals surface area contributed by atoms with Gasteiger partial charge in [0.15, 0.2) is 4.77 Å². The molecular weight excluding hydrogens is 284 g/mol. The molecule has 0 aromatic carbocycles. The molecule has 1 aromatic rings. The highest BCUT2D eigenvalue weighted by molar-refractivity contribution is 7.71. The number of hydrogen-bond donors (Lipinski definition) is 1. The van der Waals surface area contributed by atoms with E-state index in [1.54, 1.807) is 0 Å². The van der Waals surface area contributed by atoms with E-state index in [9.17, 15) is 4.79 Å². The largest absolute Gasteiger partial charge is 0.343 e. The van der Waals surface area contributed by atoms with E-state index in [0.29, 0.717) is 29.1 Å². The predicted octanol–water partition coefficient (Wildman–Crippen LogP) is 3.27. The molecule has 118 valence electrons. The quantitative estimate of drug-likeness (QED) is 0.868. The average molecular weight is 310 g/mol. The van der Waals surface area contributed by atoms with Gasteiger partial charge >= 0.3 is 0 Å². The summed E-state index contributed by atoms with van der Waals surface area (Å²) in [6.45, 7) is 10.1. The van der Waals surface area contributed by atoms with Crippen molar-refractivity contribution in [3.8, 4) is 0 Å². The molecule has 1 saturated heterocycles. The zero-order valence-electron chi connectivity index (χ0n) is 13.4. The van der Waals surface area contributed by atoms with Gasteiger partial charge in [0.2, 0.25) is 5.91 Å². The van der Waals surface area contributed by atoms with Gasteiger partial charge < -0.3 is 9.47 Å². The Morgan fingerprint density at radius 2 is 1.95 bits per heavy atom. The van der Waals surface area contributed by atoms with Crippen LogP contribution in [0.5, 0.6) is 0 Å². The van der Waals surface area contributed by atoms with E-state index in [1.165, 1.54) is 0 Å². The third-order valence-corrected chi connectivity index (χ3v) is 4.33. The van der Waals surface area contributed by atoms with Gasteiger partial charge in [0, 0.05) is 31.5 Å². The molecule has 0 aliphatic carbocycles. The number of likely N-dealkylation sites (tertiary alicyclic amines) is 1. The number of H-pyrrole nitrogens is 1. The van der Waals surface area contributed by atoms with Crippen LogP contribution in [0.2, 0.25) is 0 Å². The van der Waals surface area contributed by atoms with Gasteiger partial charge in [-0.2, -0.15) is 5.10 Å². The fourth-order valence-corrected chi connectivity index (χ4v) is 3.32. The SMILES string of the molecule is CC(C)CC(=O)N1CCC(c2n[nH]c(=S)n2C(C)C)CC1. The van der Waals surface area contributed by atoms with E-state index in [0.717, 1.165) is 31.8 Å². The maximum atomic E-state index is 12.1. The zero-order chi connectivity index (χ0) is 15.6. The minimum Gasteiger partial charge on any atom is -0.343 e. The highest BCUT2D eigenvalue weighted by Gasteiger charge is 2.27. The lowest BCUT2D eigenvalue weighted by Gasteiger charge is -2.32. The molecule has 5 nitrogen and oxygen atoms in total. The Bertz CT molecular complexity index is 538. The summed E-state index contributed by atoms with van der Waals surface area (Å²) in [7, 11) is 0. The van der Waals surface area contributed by atoms with Gasteiger partial charge in [-0.15, -0.1) is 0 Å². The molecule has 1 amide bonds. The van der Waals surface area contributed by atoms with Crippen molar-refractivity contribution in [3.63, 3.8) is 0 Å². The van der Waals surface area contributed by atoms with Crippen molar-refractivity contribution < 1.29 is 4.79 Å². The standard InChI is InChI=1S/C15H26N4OS/c1-10(2)9-13(20)18-7-5-12(6-8-18)14-16-17-15(21)19(14)11(3)4/h10-12H,5-9H2,1-4H3,(H,17,21). The number of nitrogens with one attached hydrogen (secondary N) is 1. The summed E-state index contributed by atoms with van der Waals surface area (Å²) in [5, 5.41) is 7.33. The van der Waals surface area contributed by atoms with E-state index < -0.39 is 0 Å². The summed E-state index contributed by atoms with van der Waals surface area (Å²) in [5.74, 6) is 2.15. The smallest absolute Gasteiger partial charge is 0.222 e. The number of hydrogen-bond acceptors (Lipinski definition) is 3. The van der Waals surface area contributed by atoms with Crippen LogP contribution in [0.4, 0.5) is 0 Å². The lowest BCUT2D eigenvalue weighted by molar-refractivity contribution is -0.133. The number of aromatic nitrogens is 3. The Morgan fingerprint density at radius 3 is 2.48 bits per heavy atom. The van der Waals surface area contributed by atoms with Gasteiger partial charge in [-0.25, -0.2) is 0 Å². The summed E-state index contributed by atoms with van der Waals surface area (Å²) < 4.78 is 2.80. The van der Waals surface area contributed by atoms with Gasteiger partial charge in [0.25, 0.3) is 0 Å². The molecule has 1 aromatic heterocycles. The first kappa shape index (κ1) is 16.2. The van der Waals surface area contributed by atoms with Crippen molar-refractivity contribution in [2.24, 2.45) is 5.92 Å². The van der Waals surface area contributed by atoms with Gasteiger partial charge in [-0.1, -0.05) is 13.8 Å². The molecular formula is C15H26N4OS. The number of carbonyl (C=O) groups excluding carboxylic acids is 1. The van der Waals surface area contributed by atoms with Crippen molar-refractivity contribution in [2.75, 3.05) is 13.1 Å². The zero-order valence-corrected chi connectivity index (χ0v) is 14.2. The first-order valence-corrected chi connectivity index (χ1v) is 8.25. The van der Waals surface area contributed by atoms with Crippen LogP contribution in [0.3, 0.4) is 0 Å². The molecule has 6 heteroatoms. The van der Waals surface area contributed by atoms with Crippen LogP contribution < -0.4 is 0 Å². The topological polar surface area (TPSA) is 53.9 Å². The first-order valence-electron chi connectivity index (χ1n) is 7.84. The molecule has 0 unspecified atom stereocenters. The number of rotatable bonds is 4. The fourth-order valence-electron chi connectivity index (χ4n) is 2.97. The lowest BCUT2D eigenvalue weighted by Crippen LogP contribution is -2.38. The van der Waals surface area contributed by atoms with Crippen molar-refractivity contribution >= 4 is 18.1 Å². The molecule has 0 radical (unpaired) electrons. The van der Waals surface area contributed by atoms with Gasteiger partial charge in [0.05, 0.1) is 0 Å². The summed E-state index contributed by atoms with van der Waals surface area (Å²) in [4.78, 5) is 14.1. The Balaban J connectivity index is 2.02. The van der Waals surface area contributed by atoms with Crippen LogP contribution in [-0.2, 0) is 4.79 Å². The van der Waals surface area contributed by atoms with E-state index in [1.807, 2.05) is 4.90 Å². The summed E-state index contributed by atoms with van der Waals surface area (Å²) in [6, 6.07) is 0.312. The molecule has 1 fully saturated rings. The van der Waals surface area contributed by atoms with E-state index in [2.05, 4.69) is 42.5 Å². The number of aromatic amines is 1. The number of amides is 1. The minimum absolute atomic E-state index is 0.283. The number of piperidine rings is 1. The number of carbonyl (C=O) groups is 1. The van der Waals surface area contributed by atoms with E-state index in [4.69, 9.17) is 12.2 Å². The van der Waals surface area contributed by atoms with Gasteiger partial charge in [0.1, 0.15) is 5.82 Å². The molecule has 2 rings (SSSR count). The molecule has 21 heavy (non-hydrogen) atoms. The Hall–Kier alpha value is -1.17. The molecule has 0 bridgehead atoms. The van der Waals surface area contributed by atoms with Crippen molar-refractivity contribution in [1.29, 1.82) is 0 Å². The van der Waals surface area contributed by atoms with Gasteiger partial charge in [-0.05, 0) is 44.8 Å². The second-order valence-electron chi connectivity index (χ2n) is 6.60. The minimum atomic E-state index is 0.283. The molecule has 0 atom stereocenters. The molecule has 0 spiro atoms. The molecule has 0 saturated carbocycles. The third kappa shape index (κ3) is 3.73. The van der Waals surface area contributed by atoms with Crippen molar-refractivity contribution in [3.05, 3.63) is 10.6 Å². The second kappa shape index (κ2) is 6.73. The van der Waals surface area contributed by atoms with Crippen LogP contribution in [0.25, 0.3) is 0 Å². The monoisotopic (exact) mass is 310 g/mol. The molecule has 1 aliphatic rings. The maximum Gasteiger partial charge on any atom is 0.222 e. The highest BCUT2D eigenvalue weighted by Crippen LogP contribution is 2.28. The normalized spacial score (nSPS) is 17.0. The van der Waals surface area contributed by atoms with E-state index >= 15 is 0 Å². The fraction of sp³-hybridized carbons (Fsp3) is 0.800. The molecule has 2 heterocycles. The first-order chi connectivity index (χ1) is 9.90. The number of nitrogens with zero attached hydrogens (tertiary/aromatic N) is 3. The van der Waals surface area contributed by atoms with Crippen LogP contribution >= 0.6 is 12.2 Å². The molecule has 1 aliphatic heterocycles. The van der Waals surface area contributed by atoms with Crippen molar-refractivity contribution in [2.45, 2.75) is 58.9 Å². The van der Waals surface area contributed by atoms with Crippen LogP contribution in [0.15, 0.2) is 0 Å². The highest BCUT2D eigenvalue weighted by atomic mass is 32.1. The Kier molecular flexibility index (Phi) is 5.19. The summed E-state index contributed by atoms with van der Waals surface area (Å²) in [6.07, 6.45) is 2.59. The van der Waals surface area contributed by atoms with Crippen LogP contribution in [-0.4, -0.2) is 38.7 Å². The summed E-state index contributed by atoms with van der Waals surface area (Å²) in [5.41, 5.74) is 0. The average Bonchev–Trinajstić information content (AvgIpc) is 2.80. The Morgan fingerprint density at radius 1 is 1.33 bits per heavy atom. The predicted molar refractivity (Wildman–Crippen MR) is 85.8 cm³/mol. The van der Waals surface area contributed by atoms with Gasteiger partial charge in [-0.3, -0.25) is 9.89 Å². The van der Waals surface area contributed by atoms with Crippen LogP contribution in [0.1, 0.15) is 64.7 Å². The molecule has 1 N–H and O–H groups in total. The maximum absolute atomic E-state index is 12.1. The van der Waals surface area contributed by atoms with E-state index in [-0.39, 0.29) is 5.91 Å². The van der Waals surface area contributed by atoms with Crippen LogP contribution in [0, 0.1) is 10.7 Å². The third-order valence-electron chi connectivity index (χ3n) is 4.04. The summed E-state index contributed by atoms with van der Waals surface area (Å²) >= 11 is 5.31.